The number of nitrogens with one attached hydrogen (secondary N) is 2. The van der Waals surface area contributed by atoms with Crippen LogP contribution in [0.4, 0.5) is 0 Å². The van der Waals surface area contributed by atoms with E-state index in [1.165, 1.54) is 0 Å². The Morgan fingerprint density at radius 2 is 2.25 bits per heavy atom. The first-order valence-corrected chi connectivity index (χ1v) is 7.18. The van der Waals surface area contributed by atoms with Gasteiger partial charge in [-0.3, -0.25) is 4.79 Å². The summed E-state index contributed by atoms with van der Waals surface area (Å²) in [6.45, 7) is 2.59. The number of ether oxygens (including phenoxy) is 1. The second kappa shape index (κ2) is 6.47. The Kier molecular flexibility index (Phi) is 4.93. The predicted octanol–water partition coefficient (Wildman–Crippen LogP) is 0.377. The Morgan fingerprint density at radius 3 is 2.94 bits per heavy atom. The minimum Gasteiger partial charge on any atom is -0.381 e. The van der Waals surface area contributed by atoms with Crippen molar-refractivity contribution in [3.63, 3.8) is 0 Å². The highest BCUT2D eigenvalue weighted by molar-refractivity contribution is 7.99. The number of carbonyl (C=O) groups is 1. The Labute approximate surface area is 101 Å². The lowest BCUT2D eigenvalue weighted by molar-refractivity contribution is -0.122. The number of hydrogen-bond acceptors (Lipinski definition) is 4. The van der Waals surface area contributed by atoms with Gasteiger partial charge in [0.05, 0.1) is 0 Å². The van der Waals surface area contributed by atoms with Gasteiger partial charge < -0.3 is 15.4 Å². The first-order chi connectivity index (χ1) is 7.84. The average molecular weight is 244 g/mol. The summed E-state index contributed by atoms with van der Waals surface area (Å²) < 4.78 is 5.26. The minimum absolute atomic E-state index is 0.187. The molecule has 2 heterocycles. The second-order valence-electron chi connectivity index (χ2n) is 4.38. The highest BCUT2D eigenvalue weighted by atomic mass is 32.2. The van der Waals surface area contributed by atoms with Gasteiger partial charge in [-0.05, 0) is 12.8 Å². The number of rotatable bonds is 3. The molecule has 92 valence electrons. The third-order valence-corrected chi connectivity index (χ3v) is 4.15. The van der Waals surface area contributed by atoms with Crippen LogP contribution in [0.1, 0.15) is 19.3 Å². The van der Waals surface area contributed by atoms with Crippen molar-refractivity contribution in [2.75, 3.05) is 31.3 Å². The molecule has 0 aliphatic carbocycles. The van der Waals surface area contributed by atoms with E-state index in [9.17, 15) is 4.79 Å². The summed E-state index contributed by atoms with van der Waals surface area (Å²) in [7, 11) is 0. The van der Waals surface area contributed by atoms with Gasteiger partial charge >= 0.3 is 0 Å². The standard InChI is InChI=1S/C11H20N2O2S/c14-11(7-10-8-16-6-3-12-10)13-9-1-4-15-5-2-9/h9-10,12H,1-8H2,(H,13,14). The Bertz CT molecular complexity index is 204. The van der Waals surface area contributed by atoms with Gasteiger partial charge in [-0.15, -0.1) is 0 Å². The molecule has 4 nitrogen and oxygen atoms in total. The predicted molar refractivity (Wildman–Crippen MR) is 65.7 cm³/mol. The van der Waals surface area contributed by atoms with E-state index in [2.05, 4.69) is 10.6 Å². The van der Waals surface area contributed by atoms with E-state index in [1.54, 1.807) is 0 Å². The number of hydrogen-bond donors (Lipinski definition) is 2. The normalized spacial score (nSPS) is 27.6. The SMILES string of the molecule is O=C(CC1CSCCN1)NC1CCOCC1. The molecule has 0 saturated carbocycles. The van der Waals surface area contributed by atoms with Crippen molar-refractivity contribution >= 4 is 17.7 Å². The molecule has 2 N–H and O–H groups in total. The second-order valence-corrected chi connectivity index (χ2v) is 5.53. The Balaban J connectivity index is 1.66. The molecule has 0 aromatic rings. The molecule has 0 spiro atoms. The highest BCUT2D eigenvalue weighted by Crippen LogP contribution is 2.11. The van der Waals surface area contributed by atoms with Gasteiger partial charge in [0.15, 0.2) is 0 Å². The van der Waals surface area contributed by atoms with E-state index in [1.807, 2.05) is 11.8 Å². The van der Waals surface area contributed by atoms with E-state index in [4.69, 9.17) is 4.74 Å². The Hall–Kier alpha value is -0.260. The summed E-state index contributed by atoms with van der Waals surface area (Å²) >= 11 is 1.93. The molecule has 2 saturated heterocycles. The van der Waals surface area contributed by atoms with Crippen molar-refractivity contribution in [1.29, 1.82) is 0 Å². The fraction of sp³-hybridized carbons (Fsp3) is 0.909. The third-order valence-electron chi connectivity index (χ3n) is 3.02. The lowest BCUT2D eigenvalue weighted by Gasteiger charge is -2.26. The quantitative estimate of drug-likeness (QED) is 0.753. The maximum atomic E-state index is 11.8. The first-order valence-electron chi connectivity index (χ1n) is 6.03. The van der Waals surface area contributed by atoms with E-state index in [0.717, 1.165) is 44.1 Å². The van der Waals surface area contributed by atoms with Crippen LogP contribution in [0.25, 0.3) is 0 Å². The molecule has 2 aliphatic heterocycles. The fourth-order valence-corrected chi connectivity index (χ4v) is 3.05. The van der Waals surface area contributed by atoms with Crippen molar-refractivity contribution in [2.45, 2.75) is 31.3 Å². The topological polar surface area (TPSA) is 50.4 Å². The van der Waals surface area contributed by atoms with Crippen LogP contribution in [-0.2, 0) is 9.53 Å². The van der Waals surface area contributed by atoms with Crippen LogP contribution in [0.3, 0.4) is 0 Å². The van der Waals surface area contributed by atoms with E-state index in [0.29, 0.717) is 18.5 Å². The van der Waals surface area contributed by atoms with Crippen molar-refractivity contribution in [1.82, 2.24) is 10.6 Å². The zero-order valence-corrected chi connectivity index (χ0v) is 10.4. The molecule has 2 fully saturated rings. The average Bonchev–Trinajstić information content (AvgIpc) is 2.31. The molecule has 0 bridgehead atoms. The molecular weight excluding hydrogens is 224 g/mol. The maximum absolute atomic E-state index is 11.8. The van der Waals surface area contributed by atoms with Gasteiger partial charge in [-0.25, -0.2) is 0 Å². The molecule has 16 heavy (non-hydrogen) atoms. The van der Waals surface area contributed by atoms with Crippen LogP contribution in [0.15, 0.2) is 0 Å². The van der Waals surface area contributed by atoms with Crippen LogP contribution < -0.4 is 10.6 Å². The van der Waals surface area contributed by atoms with Crippen LogP contribution >= 0.6 is 11.8 Å². The van der Waals surface area contributed by atoms with Crippen LogP contribution in [0, 0.1) is 0 Å². The van der Waals surface area contributed by atoms with E-state index >= 15 is 0 Å². The zero-order chi connectivity index (χ0) is 11.2. The Morgan fingerprint density at radius 1 is 1.44 bits per heavy atom. The van der Waals surface area contributed by atoms with Crippen LogP contribution in [-0.4, -0.2) is 49.3 Å². The van der Waals surface area contributed by atoms with Crippen LogP contribution in [0.2, 0.25) is 0 Å². The van der Waals surface area contributed by atoms with E-state index in [-0.39, 0.29) is 5.91 Å². The van der Waals surface area contributed by atoms with Gasteiger partial charge in [0.2, 0.25) is 5.91 Å². The van der Waals surface area contributed by atoms with Gasteiger partial charge in [0, 0.05) is 49.8 Å². The third kappa shape index (κ3) is 3.96. The number of thioether (sulfide) groups is 1. The zero-order valence-electron chi connectivity index (χ0n) is 9.54. The summed E-state index contributed by atoms with van der Waals surface area (Å²) in [5.74, 6) is 2.41. The number of carbonyl (C=O) groups excluding carboxylic acids is 1. The molecule has 2 aliphatic rings. The number of amides is 1. The lowest BCUT2D eigenvalue weighted by atomic mass is 10.1. The van der Waals surface area contributed by atoms with Gasteiger partial charge in [0.25, 0.3) is 0 Å². The van der Waals surface area contributed by atoms with E-state index < -0.39 is 0 Å². The van der Waals surface area contributed by atoms with Gasteiger partial charge in [0.1, 0.15) is 0 Å². The largest absolute Gasteiger partial charge is 0.381 e. The molecule has 1 unspecified atom stereocenters. The molecule has 2 rings (SSSR count). The summed E-state index contributed by atoms with van der Waals surface area (Å²) in [5, 5.41) is 6.48. The summed E-state index contributed by atoms with van der Waals surface area (Å²) in [5.41, 5.74) is 0. The summed E-state index contributed by atoms with van der Waals surface area (Å²) in [6, 6.07) is 0.691. The molecule has 1 amide bonds. The summed E-state index contributed by atoms with van der Waals surface area (Å²) in [6.07, 6.45) is 2.53. The molecule has 0 aromatic heterocycles. The fourth-order valence-electron chi connectivity index (χ4n) is 2.10. The smallest absolute Gasteiger partial charge is 0.221 e. The van der Waals surface area contributed by atoms with Crippen molar-refractivity contribution in [3.05, 3.63) is 0 Å². The molecule has 1 atom stereocenters. The molecular formula is C11H20N2O2S. The van der Waals surface area contributed by atoms with Gasteiger partial charge in [-0.2, -0.15) is 11.8 Å². The molecule has 0 aromatic carbocycles. The lowest BCUT2D eigenvalue weighted by Crippen LogP contribution is -2.44. The molecule has 0 radical (unpaired) electrons. The maximum Gasteiger partial charge on any atom is 0.221 e. The summed E-state index contributed by atoms with van der Waals surface area (Å²) in [4.78, 5) is 11.8. The minimum atomic E-state index is 0.187. The highest BCUT2D eigenvalue weighted by Gasteiger charge is 2.20. The van der Waals surface area contributed by atoms with Crippen LogP contribution in [0.5, 0.6) is 0 Å². The molecule has 5 heteroatoms. The van der Waals surface area contributed by atoms with Crippen molar-refractivity contribution < 1.29 is 9.53 Å². The van der Waals surface area contributed by atoms with Gasteiger partial charge in [-0.1, -0.05) is 0 Å². The van der Waals surface area contributed by atoms with Crippen molar-refractivity contribution in [3.8, 4) is 0 Å². The van der Waals surface area contributed by atoms with Crippen molar-refractivity contribution in [2.24, 2.45) is 0 Å². The first kappa shape index (κ1) is 12.2. The monoisotopic (exact) mass is 244 g/mol.